The van der Waals surface area contributed by atoms with Crippen LogP contribution in [0, 0.1) is 6.92 Å². The van der Waals surface area contributed by atoms with Gasteiger partial charge in [0.2, 0.25) is 0 Å². The van der Waals surface area contributed by atoms with E-state index in [0.29, 0.717) is 29.3 Å². The van der Waals surface area contributed by atoms with Crippen LogP contribution in [0.4, 0.5) is 11.4 Å². The van der Waals surface area contributed by atoms with Crippen LogP contribution in [0.2, 0.25) is 0 Å². The Morgan fingerprint density at radius 3 is 2.76 bits per heavy atom. The van der Waals surface area contributed by atoms with E-state index in [1.807, 2.05) is 32.0 Å². The molecule has 1 amide bonds. The van der Waals surface area contributed by atoms with Crippen molar-refractivity contribution in [2.24, 2.45) is 0 Å². The Morgan fingerprint density at radius 1 is 1.33 bits per heavy atom. The van der Waals surface area contributed by atoms with Gasteiger partial charge in [-0.2, -0.15) is 0 Å². The van der Waals surface area contributed by atoms with Crippen LogP contribution >= 0.6 is 15.9 Å². The Hall–Kier alpha value is -2.01. The summed E-state index contributed by atoms with van der Waals surface area (Å²) in [6, 6.07) is 10.9. The number of amides is 1. The molecule has 4 nitrogen and oxygen atoms in total. The predicted molar refractivity (Wildman–Crippen MR) is 88.9 cm³/mol. The fraction of sp³-hybridized carbons (Fsp3) is 0.188. The molecule has 0 saturated carbocycles. The van der Waals surface area contributed by atoms with Gasteiger partial charge in [-0.25, -0.2) is 0 Å². The van der Waals surface area contributed by atoms with Crippen LogP contribution < -0.4 is 15.8 Å². The van der Waals surface area contributed by atoms with E-state index in [9.17, 15) is 4.79 Å². The van der Waals surface area contributed by atoms with Crippen molar-refractivity contribution in [3.8, 4) is 5.75 Å². The second kappa shape index (κ2) is 6.63. The normalized spacial score (nSPS) is 10.2. The van der Waals surface area contributed by atoms with E-state index < -0.39 is 0 Å². The molecule has 5 heteroatoms. The molecule has 0 spiro atoms. The van der Waals surface area contributed by atoms with Crippen LogP contribution in [0.3, 0.4) is 0 Å². The van der Waals surface area contributed by atoms with Gasteiger partial charge in [-0.05, 0) is 43.7 Å². The second-order valence-corrected chi connectivity index (χ2v) is 5.47. The predicted octanol–water partition coefficient (Wildman–Crippen LogP) is 3.99. The first-order valence-corrected chi connectivity index (χ1v) is 7.41. The Balaban J connectivity index is 2.31. The van der Waals surface area contributed by atoms with Crippen LogP contribution in [0.1, 0.15) is 22.8 Å². The molecule has 0 unspecified atom stereocenters. The molecule has 0 aliphatic heterocycles. The number of nitrogens with two attached hydrogens (primary N) is 1. The third-order valence-electron chi connectivity index (χ3n) is 3.09. The maximum Gasteiger partial charge on any atom is 0.256 e. The number of para-hydroxylation sites is 2. The highest BCUT2D eigenvalue weighted by molar-refractivity contribution is 9.10. The number of nitrogens with one attached hydrogen (secondary N) is 1. The summed E-state index contributed by atoms with van der Waals surface area (Å²) in [6.45, 7) is 4.26. The molecule has 2 aromatic carbocycles. The Kier molecular flexibility index (Phi) is 4.85. The first-order chi connectivity index (χ1) is 10.0. The number of anilines is 2. The maximum absolute atomic E-state index is 12.5. The summed E-state index contributed by atoms with van der Waals surface area (Å²) in [5, 5.41) is 2.87. The van der Waals surface area contributed by atoms with E-state index >= 15 is 0 Å². The summed E-state index contributed by atoms with van der Waals surface area (Å²) < 4.78 is 6.27. The van der Waals surface area contributed by atoms with Gasteiger partial charge in [0.15, 0.2) is 0 Å². The first kappa shape index (κ1) is 15.4. The highest BCUT2D eigenvalue weighted by Gasteiger charge is 2.14. The summed E-state index contributed by atoms with van der Waals surface area (Å²) in [5.41, 5.74) is 8.40. The van der Waals surface area contributed by atoms with Gasteiger partial charge < -0.3 is 15.8 Å². The minimum atomic E-state index is -0.215. The summed E-state index contributed by atoms with van der Waals surface area (Å²) in [5.74, 6) is 0.432. The standard InChI is InChI=1S/C16H17BrN2O2/c1-3-21-15-7-5-4-6-14(15)19-16(20)12-8-11(17)9-13(18)10(12)2/h4-9H,3,18H2,1-2H3,(H,19,20). The van der Waals surface area contributed by atoms with Gasteiger partial charge in [-0.1, -0.05) is 28.1 Å². The number of rotatable bonds is 4. The molecule has 0 bridgehead atoms. The highest BCUT2D eigenvalue weighted by atomic mass is 79.9. The lowest BCUT2D eigenvalue weighted by molar-refractivity contribution is 0.102. The number of halogens is 1. The van der Waals surface area contributed by atoms with Crippen LogP contribution in [-0.2, 0) is 0 Å². The molecule has 0 aliphatic carbocycles. The number of carbonyl (C=O) groups is 1. The van der Waals surface area contributed by atoms with E-state index in [0.717, 1.165) is 10.0 Å². The number of hydrogen-bond acceptors (Lipinski definition) is 3. The summed E-state index contributed by atoms with van der Waals surface area (Å²) in [7, 11) is 0. The third kappa shape index (κ3) is 3.55. The van der Waals surface area contributed by atoms with Gasteiger partial charge in [-0.15, -0.1) is 0 Å². The molecule has 2 rings (SSSR count). The molecule has 0 aromatic heterocycles. The van der Waals surface area contributed by atoms with E-state index in [2.05, 4.69) is 21.2 Å². The van der Waals surface area contributed by atoms with Gasteiger partial charge in [0.1, 0.15) is 5.75 Å². The summed E-state index contributed by atoms with van der Waals surface area (Å²) >= 11 is 3.36. The van der Waals surface area contributed by atoms with Crippen LogP contribution in [-0.4, -0.2) is 12.5 Å². The number of carbonyl (C=O) groups excluding carboxylic acids is 1. The van der Waals surface area contributed by atoms with Crippen molar-refractivity contribution in [3.63, 3.8) is 0 Å². The molecule has 0 fully saturated rings. The zero-order chi connectivity index (χ0) is 15.4. The average Bonchev–Trinajstić information content (AvgIpc) is 2.45. The molecular formula is C16H17BrN2O2. The molecule has 0 radical (unpaired) electrons. The topological polar surface area (TPSA) is 64.3 Å². The van der Waals surface area contributed by atoms with Crippen molar-refractivity contribution in [1.82, 2.24) is 0 Å². The lowest BCUT2D eigenvalue weighted by Gasteiger charge is -2.13. The van der Waals surface area contributed by atoms with Crippen molar-refractivity contribution >= 4 is 33.2 Å². The van der Waals surface area contributed by atoms with E-state index in [-0.39, 0.29) is 5.91 Å². The lowest BCUT2D eigenvalue weighted by atomic mass is 10.1. The summed E-state index contributed by atoms with van der Waals surface area (Å²) in [4.78, 5) is 12.5. The van der Waals surface area contributed by atoms with Gasteiger partial charge in [-0.3, -0.25) is 4.79 Å². The highest BCUT2D eigenvalue weighted by Crippen LogP contribution is 2.27. The molecule has 0 aliphatic rings. The molecular weight excluding hydrogens is 332 g/mol. The number of ether oxygens (including phenoxy) is 1. The molecule has 110 valence electrons. The zero-order valence-electron chi connectivity index (χ0n) is 11.9. The minimum absolute atomic E-state index is 0.215. The monoisotopic (exact) mass is 348 g/mol. The van der Waals surface area contributed by atoms with Crippen molar-refractivity contribution in [1.29, 1.82) is 0 Å². The number of hydrogen-bond donors (Lipinski definition) is 2. The van der Waals surface area contributed by atoms with Gasteiger partial charge in [0.05, 0.1) is 12.3 Å². The maximum atomic E-state index is 12.5. The minimum Gasteiger partial charge on any atom is -0.492 e. The van der Waals surface area contributed by atoms with Crippen molar-refractivity contribution < 1.29 is 9.53 Å². The van der Waals surface area contributed by atoms with E-state index in [1.54, 1.807) is 18.2 Å². The quantitative estimate of drug-likeness (QED) is 0.821. The SMILES string of the molecule is CCOc1ccccc1NC(=O)c1cc(Br)cc(N)c1C. The first-order valence-electron chi connectivity index (χ1n) is 6.61. The summed E-state index contributed by atoms with van der Waals surface area (Å²) in [6.07, 6.45) is 0. The Bertz CT molecular complexity index is 671. The fourth-order valence-electron chi connectivity index (χ4n) is 1.98. The van der Waals surface area contributed by atoms with Crippen molar-refractivity contribution in [2.45, 2.75) is 13.8 Å². The zero-order valence-corrected chi connectivity index (χ0v) is 13.5. The van der Waals surface area contributed by atoms with Crippen molar-refractivity contribution in [2.75, 3.05) is 17.7 Å². The number of nitrogen functional groups attached to an aromatic ring is 1. The van der Waals surface area contributed by atoms with Crippen molar-refractivity contribution in [3.05, 3.63) is 52.0 Å². The fourth-order valence-corrected chi connectivity index (χ4v) is 2.45. The average molecular weight is 349 g/mol. The Morgan fingerprint density at radius 2 is 2.05 bits per heavy atom. The Labute approximate surface area is 132 Å². The molecule has 2 aromatic rings. The second-order valence-electron chi connectivity index (χ2n) is 4.55. The number of benzene rings is 2. The lowest BCUT2D eigenvalue weighted by Crippen LogP contribution is -2.15. The van der Waals surface area contributed by atoms with Crippen LogP contribution in [0.5, 0.6) is 5.75 Å². The third-order valence-corrected chi connectivity index (χ3v) is 3.55. The van der Waals surface area contributed by atoms with Crippen LogP contribution in [0.15, 0.2) is 40.9 Å². The molecule has 0 saturated heterocycles. The molecule has 0 atom stereocenters. The molecule has 21 heavy (non-hydrogen) atoms. The molecule has 3 N–H and O–H groups in total. The van der Waals surface area contributed by atoms with Gasteiger partial charge >= 0.3 is 0 Å². The molecule has 0 heterocycles. The van der Waals surface area contributed by atoms with E-state index in [1.165, 1.54) is 0 Å². The van der Waals surface area contributed by atoms with Gasteiger partial charge in [0.25, 0.3) is 5.91 Å². The largest absolute Gasteiger partial charge is 0.492 e. The smallest absolute Gasteiger partial charge is 0.256 e. The van der Waals surface area contributed by atoms with Crippen LogP contribution in [0.25, 0.3) is 0 Å². The van der Waals surface area contributed by atoms with E-state index in [4.69, 9.17) is 10.5 Å². The van der Waals surface area contributed by atoms with Gasteiger partial charge in [0, 0.05) is 15.7 Å².